The second-order valence-electron chi connectivity index (χ2n) is 8.05. The van der Waals surface area contributed by atoms with E-state index in [0.29, 0.717) is 11.1 Å². The number of esters is 1. The van der Waals surface area contributed by atoms with Crippen molar-refractivity contribution in [2.75, 3.05) is 7.11 Å². The Labute approximate surface area is 212 Å². The first kappa shape index (κ1) is 24.6. The van der Waals surface area contributed by atoms with Crippen molar-refractivity contribution in [3.05, 3.63) is 98.4 Å². The van der Waals surface area contributed by atoms with E-state index in [1.165, 1.54) is 12.0 Å². The molecular weight excluding hydrogens is 486 g/mol. The number of amides is 2. The van der Waals surface area contributed by atoms with Gasteiger partial charge in [-0.15, -0.1) is 0 Å². The molecule has 178 valence electrons. The van der Waals surface area contributed by atoms with Crippen molar-refractivity contribution in [2.24, 2.45) is 0 Å². The topological polar surface area (TPSA) is 72.9 Å². The van der Waals surface area contributed by atoms with Crippen molar-refractivity contribution in [1.29, 1.82) is 0 Å². The summed E-state index contributed by atoms with van der Waals surface area (Å²) in [5, 5.41) is -0.209. The van der Waals surface area contributed by atoms with E-state index in [1.54, 1.807) is 30.3 Å². The van der Waals surface area contributed by atoms with E-state index < -0.39 is 5.97 Å². The van der Waals surface area contributed by atoms with Crippen LogP contribution in [0.5, 0.6) is 11.5 Å². The Morgan fingerprint density at radius 2 is 1.77 bits per heavy atom. The monoisotopic (exact) mass is 507 g/mol. The van der Waals surface area contributed by atoms with Gasteiger partial charge in [0.1, 0.15) is 0 Å². The summed E-state index contributed by atoms with van der Waals surface area (Å²) in [4.78, 5) is 39.5. The van der Waals surface area contributed by atoms with Crippen LogP contribution in [0.2, 0.25) is 5.02 Å². The van der Waals surface area contributed by atoms with E-state index in [4.69, 9.17) is 21.1 Å². The lowest BCUT2D eigenvalue weighted by molar-refractivity contribution is -0.123. The fourth-order valence-electron chi connectivity index (χ4n) is 3.54. The highest BCUT2D eigenvalue weighted by Crippen LogP contribution is 2.39. The lowest BCUT2D eigenvalue weighted by atomic mass is 10.1. The Hall–Kier alpha value is -3.55. The third kappa shape index (κ3) is 5.58. The second-order valence-corrected chi connectivity index (χ2v) is 9.45. The molecule has 1 saturated heterocycles. The molecule has 8 heteroatoms. The summed E-state index contributed by atoms with van der Waals surface area (Å²) >= 11 is 7.28. The molecule has 2 amide bonds. The normalized spacial score (nSPS) is 14.5. The van der Waals surface area contributed by atoms with Crippen LogP contribution in [-0.2, 0) is 11.3 Å². The largest absolute Gasteiger partial charge is 0.493 e. The van der Waals surface area contributed by atoms with Gasteiger partial charge in [0.15, 0.2) is 11.5 Å². The van der Waals surface area contributed by atoms with Crippen molar-refractivity contribution in [3.8, 4) is 11.5 Å². The fourth-order valence-corrected chi connectivity index (χ4v) is 4.64. The summed E-state index contributed by atoms with van der Waals surface area (Å²) in [6.45, 7) is 4.07. The molecule has 1 heterocycles. The number of ether oxygens (including phenoxy) is 2. The number of carbonyl (C=O) groups is 3. The van der Waals surface area contributed by atoms with Crippen molar-refractivity contribution < 1.29 is 23.9 Å². The Morgan fingerprint density at radius 3 is 2.46 bits per heavy atom. The molecule has 0 spiro atoms. The van der Waals surface area contributed by atoms with Gasteiger partial charge >= 0.3 is 5.97 Å². The summed E-state index contributed by atoms with van der Waals surface area (Å²) in [5.74, 6) is -0.658. The van der Waals surface area contributed by atoms with Crippen molar-refractivity contribution in [2.45, 2.75) is 20.4 Å². The molecule has 3 aromatic rings. The number of benzene rings is 3. The van der Waals surface area contributed by atoms with Gasteiger partial charge in [-0.1, -0.05) is 59.1 Å². The van der Waals surface area contributed by atoms with Crippen LogP contribution in [0.3, 0.4) is 0 Å². The predicted molar refractivity (Wildman–Crippen MR) is 137 cm³/mol. The van der Waals surface area contributed by atoms with Crippen LogP contribution in [0.4, 0.5) is 4.79 Å². The maximum atomic E-state index is 12.9. The third-order valence-electron chi connectivity index (χ3n) is 5.33. The zero-order valence-electron chi connectivity index (χ0n) is 19.3. The lowest BCUT2D eigenvalue weighted by Crippen LogP contribution is -2.27. The quantitative estimate of drug-likeness (QED) is 0.218. The van der Waals surface area contributed by atoms with Crippen LogP contribution in [-0.4, -0.2) is 29.1 Å². The summed E-state index contributed by atoms with van der Waals surface area (Å²) in [5.41, 5.74) is 3.85. The predicted octanol–water partition coefficient (Wildman–Crippen LogP) is 6.42. The van der Waals surface area contributed by atoms with Gasteiger partial charge in [0.25, 0.3) is 11.1 Å². The zero-order valence-corrected chi connectivity index (χ0v) is 20.9. The van der Waals surface area contributed by atoms with Crippen molar-refractivity contribution in [3.63, 3.8) is 0 Å². The Bertz CT molecular complexity index is 1350. The average molecular weight is 508 g/mol. The number of nitrogens with zero attached hydrogens (tertiary/aromatic N) is 1. The highest BCUT2D eigenvalue weighted by molar-refractivity contribution is 8.18. The number of aryl methyl sites for hydroxylation is 2. The first-order valence-electron chi connectivity index (χ1n) is 10.7. The van der Waals surface area contributed by atoms with Crippen LogP contribution in [0.15, 0.2) is 65.6 Å². The van der Waals surface area contributed by atoms with Crippen LogP contribution in [0.1, 0.15) is 32.6 Å². The molecule has 1 aliphatic heterocycles. The Kier molecular flexibility index (Phi) is 7.28. The molecule has 6 nitrogen and oxygen atoms in total. The number of hydrogen-bond acceptors (Lipinski definition) is 6. The summed E-state index contributed by atoms with van der Waals surface area (Å²) in [6.07, 6.45) is 1.57. The maximum Gasteiger partial charge on any atom is 0.343 e. The van der Waals surface area contributed by atoms with Gasteiger partial charge in [-0.05, 0) is 67.1 Å². The first-order valence-corrected chi connectivity index (χ1v) is 11.9. The molecule has 3 aromatic carbocycles. The van der Waals surface area contributed by atoms with Gasteiger partial charge in [-0.3, -0.25) is 14.5 Å². The molecule has 35 heavy (non-hydrogen) atoms. The van der Waals surface area contributed by atoms with E-state index in [0.717, 1.165) is 28.5 Å². The molecule has 0 aromatic heterocycles. The second kappa shape index (κ2) is 10.4. The number of methoxy groups -OCH3 is 1. The highest BCUT2D eigenvalue weighted by Gasteiger charge is 2.35. The van der Waals surface area contributed by atoms with E-state index in [1.807, 2.05) is 50.2 Å². The van der Waals surface area contributed by atoms with Crippen LogP contribution >= 0.6 is 23.4 Å². The molecule has 0 saturated carbocycles. The van der Waals surface area contributed by atoms with Gasteiger partial charge in [0.05, 0.1) is 29.1 Å². The zero-order chi connectivity index (χ0) is 25.1. The number of thioether (sulfide) groups is 1. The van der Waals surface area contributed by atoms with Gasteiger partial charge in [0.2, 0.25) is 0 Å². The van der Waals surface area contributed by atoms with Gasteiger partial charge in [-0.25, -0.2) is 4.79 Å². The molecule has 0 bridgehead atoms. The third-order valence-corrected chi connectivity index (χ3v) is 6.52. The van der Waals surface area contributed by atoms with Crippen molar-refractivity contribution >= 4 is 46.6 Å². The number of rotatable bonds is 6. The maximum absolute atomic E-state index is 12.9. The molecule has 1 aliphatic rings. The first-order chi connectivity index (χ1) is 16.7. The van der Waals surface area contributed by atoms with E-state index in [-0.39, 0.29) is 39.1 Å². The standard InChI is InChI=1S/C27H22ClNO5S/c1-16-7-9-20(10-8-16)26(31)34-24-21(28)12-19(13-22(24)33-3)14-23-25(30)29(27(32)35-23)15-18-6-4-5-17(2)11-18/h4-14H,15H2,1-3H3/b23-14-. The lowest BCUT2D eigenvalue weighted by Gasteiger charge is -2.13. The smallest absolute Gasteiger partial charge is 0.343 e. The van der Waals surface area contributed by atoms with E-state index in [2.05, 4.69) is 0 Å². The minimum absolute atomic E-state index is 0.0736. The highest BCUT2D eigenvalue weighted by atomic mass is 35.5. The molecule has 0 aliphatic carbocycles. The number of halogens is 1. The van der Waals surface area contributed by atoms with E-state index >= 15 is 0 Å². The summed E-state index contributed by atoms with van der Waals surface area (Å²) in [6, 6.07) is 17.8. The Morgan fingerprint density at radius 1 is 1.03 bits per heavy atom. The Balaban J connectivity index is 1.56. The van der Waals surface area contributed by atoms with Gasteiger partial charge in [-0.2, -0.15) is 0 Å². The van der Waals surface area contributed by atoms with Gasteiger partial charge < -0.3 is 9.47 Å². The van der Waals surface area contributed by atoms with Gasteiger partial charge in [0, 0.05) is 0 Å². The average Bonchev–Trinajstić information content (AvgIpc) is 3.08. The minimum atomic E-state index is -0.574. The molecule has 4 rings (SSSR count). The number of carbonyl (C=O) groups excluding carboxylic acids is 3. The molecule has 1 fully saturated rings. The molecule has 0 radical (unpaired) electrons. The molecule has 0 unspecified atom stereocenters. The molecule has 0 atom stereocenters. The van der Waals surface area contributed by atoms with Crippen LogP contribution in [0, 0.1) is 13.8 Å². The summed E-state index contributed by atoms with van der Waals surface area (Å²) in [7, 11) is 1.42. The number of hydrogen-bond donors (Lipinski definition) is 0. The molecular formula is C27H22ClNO5S. The summed E-state index contributed by atoms with van der Waals surface area (Å²) < 4.78 is 10.9. The van der Waals surface area contributed by atoms with Crippen molar-refractivity contribution in [1.82, 2.24) is 4.90 Å². The van der Waals surface area contributed by atoms with E-state index in [9.17, 15) is 14.4 Å². The van der Waals surface area contributed by atoms with Crippen LogP contribution in [0.25, 0.3) is 6.08 Å². The molecule has 0 N–H and O–H groups in total. The van der Waals surface area contributed by atoms with Crippen LogP contribution < -0.4 is 9.47 Å². The fraction of sp³-hybridized carbons (Fsp3) is 0.148. The number of imide groups is 1. The SMILES string of the molecule is COc1cc(/C=C2\SC(=O)N(Cc3cccc(C)c3)C2=O)cc(Cl)c1OC(=O)c1ccc(C)cc1. The minimum Gasteiger partial charge on any atom is -0.493 e.